The van der Waals surface area contributed by atoms with Crippen LogP contribution >= 0.6 is 0 Å². The smallest absolute Gasteiger partial charge is 0.274 e. The van der Waals surface area contributed by atoms with Crippen LogP contribution in [0.5, 0.6) is 0 Å². The molecule has 0 aliphatic carbocycles. The van der Waals surface area contributed by atoms with Crippen molar-refractivity contribution in [3.63, 3.8) is 0 Å². The highest BCUT2D eigenvalue weighted by Gasteiger charge is 2.13. The van der Waals surface area contributed by atoms with E-state index in [0.717, 1.165) is 16.8 Å². The zero-order valence-corrected chi connectivity index (χ0v) is 13.7. The summed E-state index contributed by atoms with van der Waals surface area (Å²) in [5.74, 6) is 0.387. The van der Waals surface area contributed by atoms with Gasteiger partial charge in [0, 0.05) is 17.3 Å². The van der Waals surface area contributed by atoms with E-state index in [9.17, 15) is 4.79 Å². The molecule has 0 atom stereocenters. The fraction of sp³-hybridized carbons (Fsp3) is 0.353. The SMILES string of the molecule is Cc1cc(C)cc(NC(=O)c2cc(NC(C)(C)C)ncn2)c1. The van der Waals surface area contributed by atoms with Crippen molar-refractivity contribution in [3.8, 4) is 0 Å². The van der Waals surface area contributed by atoms with E-state index >= 15 is 0 Å². The van der Waals surface area contributed by atoms with Crippen LogP contribution < -0.4 is 10.6 Å². The molecule has 2 aromatic rings. The summed E-state index contributed by atoms with van der Waals surface area (Å²) >= 11 is 0. The fourth-order valence-electron chi connectivity index (χ4n) is 2.18. The van der Waals surface area contributed by atoms with Crippen molar-refractivity contribution in [1.29, 1.82) is 0 Å². The van der Waals surface area contributed by atoms with Crippen molar-refractivity contribution < 1.29 is 4.79 Å². The lowest BCUT2D eigenvalue weighted by molar-refractivity contribution is 0.102. The molecule has 0 aliphatic rings. The summed E-state index contributed by atoms with van der Waals surface area (Å²) in [6, 6.07) is 7.58. The van der Waals surface area contributed by atoms with Gasteiger partial charge in [0.2, 0.25) is 0 Å². The van der Waals surface area contributed by atoms with Gasteiger partial charge >= 0.3 is 0 Å². The average Bonchev–Trinajstić information content (AvgIpc) is 2.35. The molecule has 1 aromatic heterocycles. The summed E-state index contributed by atoms with van der Waals surface area (Å²) in [6.07, 6.45) is 1.39. The highest BCUT2D eigenvalue weighted by Crippen LogP contribution is 2.16. The molecule has 1 amide bonds. The zero-order chi connectivity index (χ0) is 16.3. The molecule has 2 rings (SSSR count). The Morgan fingerprint density at radius 1 is 1.00 bits per heavy atom. The molecular formula is C17H22N4O. The summed E-state index contributed by atoms with van der Waals surface area (Å²) < 4.78 is 0. The van der Waals surface area contributed by atoms with E-state index in [4.69, 9.17) is 0 Å². The zero-order valence-electron chi connectivity index (χ0n) is 13.7. The van der Waals surface area contributed by atoms with Gasteiger partial charge in [-0.3, -0.25) is 4.79 Å². The molecule has 5 heteroatoms. The number of carbonyl (C=O) groups is 1. The Balaban J connectivity index is 2.17. The highest BCUT2D eigenvalue weighted by molar-refractivity contribution is 6.03. The van der Waals surface area contributed by atoms with E-state index < -0.39 is 0 Å². The molecule has 1 aromatic carbocycles. The Hall–Kier alpha value is -2.43. The van der Waals surface area contributed by atoms with Crippen molar-refractivity contribution >= 4 is 17.4 Å². The third-order valence-corrected chi connectivity index (χ3v) is 2.88. The molecule has 0 aliphatic heterocycles. The predicted octanol–water partition coefficient (Wildman–Crippen LogP) is 3.56. The molecule has 0 bridgehead atoms. The van der Waals surface area contributed by atoms with Crippen molar-refractivity contribution in [2.24, 2.45) is 0 Å². The van der Waals surface area contributed by atoms with Crippen LogP contribution in [0.25, 0.3) is 0 Å². The van der Waals surface area contributed by atoms with Gasteiger partial charge in [-0.1, -0.05) is 6.07 Å². The molecular weight excluding hydrogens is 276 g/mol. The van der Waals surface area contributed by atoms with Gasteiger partial charge in [0.1, 0.15) is 17.8 Å². The largest absolute Gasteiger partial charge is 0.365 e. The van der Waals surface area contributed by atoms with Crippen LogP contribution in [0.15, 0.2) is 30.6 Å². The van der Waals surface area contributed by atoms with Gasteiger partial charge in [-0.25, -0.2) is 9.97 Å². The van der Waals surface area contributed by atoms with Crippen LogP contribution in [0.1, 0.15) is 42.4 Å². The topological polar surface area (TPSA) is 66.9 Å². The number of aromatic nitrogens is 2. The maximum absolute atomic E-state index is 12.3. The van der Waals surface area contributed by atoms with Crippen molar-refractivity contribution in [2.45, 2.75) is 40.2 Å². The van der Waals surface area contributed by atoms with E-state index in [0.29, 0.717) is 11.5 Å². The Bertz CT molecular complexity index is 669. The number of nitrogens with one attached hydrogen (secondary N) is 2. The van der Waals surface area contributed by atoms with Crippen LogP contribution in [0, 0.1) is 13.8 Å². The Morgan fingerprint density at radius 2 is 1.64 bits per heavy atom. The lowest BCUT2D eigenvalue weighted by Crippen LogP contribution is -2.27. The number of rotatable bonds is 3. The second-order valence-corrected chi connectivity index (χ2v) is 6.49. The number of hydrogen-bond donors (Lipinski definition) is 2. The van der Waals surface area contributed by atoms with E-state index in [2.05, 4.69) is 26.7 Å². The second kappa shape index (κ2) is 6.13. The quantitative estimate of drug-likeness (QED) is 0.909. The summed E-state index contributed by atoms with van der Waals surface area (Å²) in [5.41, 5.74) is 3.18. The molecule has 22 heavy (non-hydrogen) atoms. The standard InChI is InChI=1S/C17H22N4O/c1-11-6-12(2)8-13(7-11)20-16(22)14-9-15(19-10-18-14)21-17(3,4)5/h6-10H,1-5H3,(H,20,22)(H,18,19,21). The molecule has 1 heterocycles. The molecule has 116 valence electrons. The molecule has 5 nitrogen and oxygen atoms in total. The van der Waals surface area contributed by atoms with Crippen LogP contribution in [0.3, 0.4) is 0 Å². The summed E-state index contributed by atoms with van der Waals surface area (Å²) in [7, 11) is 0. The molecule has 0 saturated carbocycles. The lowest BCUT2D eigenvalue weighted by atomic mass is 10.1. The summed E-state index contributed by atoms with van der Waals surface area (Å²) in [4.78, 5) is 20.5. The summed E-state index contributed by atoms with van der Waals surface area (Å²) in [5, 5.41) is 6.10. The number of amides is 1. The first-order valence-electron chi connectivity index (χ1n) is 7.23. The lowest BCUT2D eigenvalue weighted by Gasteiger charge is -2.21. The number of nitrogens with zero attached hydrogens (tertiary/aromatic N) is 2. The Labute approximate surface area is 131 Å². The minimum absolute atomic E-state index is 0.129. The van der Waals surface area contributed by atoms with Crippen LogP contribution in [0.2, 0.25) is 0 Å². The average molecular weight is 298 g/mol. The van der Waals surface area contributed by atoms with Gasteiger partial charge in [0.15, 0.2) is 0 Å². The van der Waals surface area contributed by atoms with E-state index in [-0.39, 0.29) is 11.4 Å². The minimum Gasteiger partial charge on any atom is -0.365 e. The molecule has 0 unspecified atom stereocenters. The van der Waals surface area contributed by atoms with Gasteiger partial charge in [0.05, 0.1) is 0 Å². The van der Waals surface area contributed by atoms with Gasteiger partial charge in [-0.05, 0) is 57.9 Å². The first kappa shape index (κ1) is 15.9. The molecule has 2 N–H and O–H groups in total. The Kier molecular flexibility index (Phi) is 4.45. The van der Waals surface area contributed by atoms with Gasteiger partial charge in [0.25, 0.3) is 5.91 Å². The maximum Gasteiger partial charge on any atom is 0.274 e. The third-order valence-electron chi connectivity index (χ3n) is 2.88. The number of anilines is 2. The minimum atomic E-state index is -0.246. The van der Waals surface area contributed by atoms with E-state index in [1.54, 1.807) is 6.07 Å². The van der Waals surface area contributed by atoms with Gasteiger partial charge in [-0.15, -0.1) is 0 Å². The van der Waals surface area contributed by atoms with Crippen LogP contribution in [-0.2, 0) is 0 Å². The van der Waals surface area contributed by atoms with Gasteiger partial charge in [-0.2, -0.15) is 0 Å². The van der Waals surface area contributed by atoms with Crippen molar-refractivity contribution in [2.75, 3.05) is 10.6 Å². The van der Waals surface area contributed by atoms with Crippen LogP contribution in [0.4, 0.5) is 11.5 Å². The number of aryl methyl sites for hydroxylation is 2. The molecule has 0 spiro atoms. The normalized spacial score (nSPS) is 11.1. The molecule has 0 saturated heterocycles. The molecule has 0 radical (unpaired) electrons. The van der Waals surface area contributed by atoms with Crippen LogP contribution in [-0.4, -0.2) is 21.4 Å². The number of hydrogen-bond acceptors (Lipinski definition) is 4. The van der Waals surface area contributed by atoms with E-state index in [1.165, 1.54) is 6.33 Å². The highest BCUT2D eigenvalue weighted by atomic mass is 16.1. The Morgan fingerprint density at radius 3 is 2.23 bits per heavy atom. The first-order chi connectivity index (χ1) is 10.2. The summed E-state index contributed by atoms with van der Waals surface area (Å²) in [6.45, 7) is 10.1. The predicted molar refractivity (Wildman–Crippen MR) is 89.3 cm³/mol. The monoisotopic (exact) mass is 298 g/mol. The molecule has 0 fully saturated rings. The maximum atomic E-state index is 12.3. The fourth-order valence-corrected chi connectivity index (χ4v) is 2.18. The number of benzene rings is 1. The van der Waals surface area contributed by atoms with Gasteiger partial charge < -0.3 is 10.6 Å². The number of carbonyl (C=O) groups excluding carboxylic acids is 1. The first-order valence-corrected chi connectivity index (χ1v) is 7.23. The van der Waals surface area contributed by atoms with Crippen molar-refractivity contribution in [1.82, 2.24) is 9.97 Å². The van der Waals surface area contributed by atoms with Crippen molar-refractivity contribution in [3.05, 3.63) is 47.4 Å². The second-order valence-electron chi connectivity index (χ2n) is 6.49. The third kappa shape index (κ3) is 4.55. The van der Waals surface area contributed by atoms with E-state index in [1.807, 2.05) is 46.8 Å².